The maximum atomic E-state index is 13.0. The SMILES string of the molecule is CCN(Cc1cc(C(=O)OCCN(CCOC(C)=O)Cc2ccccc2)cc(Br)c1N)C1CCCCC1.COc1ccc2c(c1)cc(C)n2C(=O)c1ccc(Cl)cc1. The largest absolute Gasteiger partial charge is 0.497 e. The molecule has 58 heavy (non-hydrogen) atoms. The van der Waals surface area contributed by atoms with Crippen molar-refractivity contribution in [3.05, 3.63) is 128 Å². The Kier molecular flexibility index (Phi) is 16.8. The van der Waals surface area contributed by atoms with Crippen molar-refractivity contribution < 1.29 is 28.6 Å². The third kappa shape index (κ3) is 12.4. The van der Waals surface area contributed by atoms with Gasteiger partial charge in [0.2, 0.25) is 0 Å². The Morgan fingerprint density at radius 3 is 2.21 bits per heavy atom. The lowest BCUT2D eigenvalue weighted by molar-refractivity contribution is -0.141. The Labute approximate surface area is 355 Å². The van der Waals surface area contributed by atoms with E-state index in [1.165, 1.54) is 39.0 Å². The molecule has 6 rings (SSSR count). The Bertz CT molecular complexity index is 2140. The molecular formula is C46H54BrClN4O6. The molecular weight excluding hydrogens is 820 g/mol. The predicted octanol–water partition coefficient (Wildman–Crippen LogP) is 9.71. The first kappa shape index (κ1) is 44.4. The van der Waals surface area contributed by atoms with E-state index < -0.39 is 0 Å². The van der Waals surface area contributed by atoms with Crippen LogP contribution in [0.4, 0.5) is 5.69 Å². The molecule has 1 heterocycles. The number of fused-ring (bicyclic) bond motifs is 1. The van der Waals surface area contributed by atoms with Crippen molar-refractivity contribution in [3.8, 4) is 5.75 Å². The van der Waals surface area contributed by atoms with Crippen LogP contribution in [0.3, 0.4) is 0 Å². The van der Waals surface area contributed by atoms with E-state index in [0.29, 0.717) is 65.1 Å². The number of aromatic nitrogens is 1. The van der Waals surface area contributed by atoms with Crippen molar-refractivity contribution in [2.24, 2.45) is 0 Å². The summed E-state index contributed by atoms with van der Waals surface area (Å²) < 4.78 is 18.4. The fourth-order valence-electron chi connectivity index (χ4n) is 7.32. The Morgan fingerprint density at radius 1 is 0.862 bits per heavy atom. The van der Waals surface area contributed by atoms with Gasteiger partial charge in [-0.3, -0.25) is 24.0 Å². The highest BCUT2D eigenvalue weighted by Crippen LogP contribution is 2.30. The van der Waals surface area contributed by atoms with E-state index in [1.807, 2.05) is 67.6 Å². The smallest absolute Gasteiger partial charge is 0.338 e. The molecule has 0 aliphatic heterocycles. The second-order valence-corrected chi connectivity index (χ2v) is 15.8. The second kappa shape index (κ2) is 21.9. The number of methoxy groups -OCH3 is 1. The number of carbonyl (C=O) groups excluding carboxylic acids is 3. The summed E-state index contributed by atoms with van der Waals surface area (Å²) in [6.07, 6.45) is 6.29. The van der Waals surface area contributed by atoms with Crippen LogP contribution in [-0.4, -0.2) is 78.2 Å². The molecule has 12 heteroatoms. The molecule has 10 nitrogen and oxygen atoms in total. The number of ether oxygens (including phenoxy) is 3. The van der Waals surface area contributed by atoms with E-state index in [2.05, 4.69) is 32.7 Å². The van der Waals surface area contributed by atoms with Crippen LogP contribution in [0, 0.1) is 6.92 Å². The van der Waals surface area contributed by atoms with Crippen molar-refractivity contribution in [1.29, 1.82) is 0 Å². The molecule has 2 N–H and O–H groups in total. The topological polar surface area (TPSA) is 116 Å². The summed E-state index contributed by atoms with van der Waals surface area (Å²) in [6.45, 7) is 9.43. The first-order chi connectivity index (χ1) is 28.0. The van der Waals surface area contributed by atoms with Crippen molar-refractivity contribution in [3.63, 3.8) is 0 Å². The summed E-state index contributed by atoms with van der Waals surface area (Å²) in [5.41, 5.74) is 12.0. The first-order valence-electron chi connectivity index (χ1n) is 19.8. The minimum atomic E-state index is -0.373. The van der Waals surface area contributed by atoms with E-state index in [4.69, 9.17) is 31.5 Å². The van der Waals surface area contributed by atoms with Gasteiger partial charge in [-0.05, 0) is 114 Å². The van der Waals surface area contributed by atoms with Gasteiger partial charge in [-0.25, -0.2) is 4.79 Å². The van der Waals surface area contributed by atoms with Crippen molar-refractivity contribution >= 4 is 62.0 Å². The highest BCUT2D eigenvalue weighted by atomic mass is 79.9. The zero-order valence-electron chi connectivity index (χ0n) is 33.8. The van der Waals surface area contributed by atoms with Crippen molar-refractivity contribution in [1.82, 2.24) is 14.4 Å². The van der Waals surface area contributed by atoms with Crippen LogP contribution in [0.15, 0.2) is 95.5 Å². The van der Waals surface area contributed by atoms with Crippen LogP contribution in [0.1, 0.15) is 83.5 Å². The van der Waals surface area contributed by atoms with Crippen LogP contribution in [0.2, 0.25) is 5.02 Å². The lowest BCUT2D eigenvalue weighted by Gasteiger charge is -2.34. The maximum absolute atomic E-state index is 13.0. The number of rotatable bonds is 15. The molecule has 4 aromatic carbocycles. The number of carbonyl (C=O) groups is 3. The number of hydrogen-bond donors (Lipinski definition) is 1. The van der Waals surface area contributed by atoms with Crippen LogP contribution in [0.5, 0.6) is 5.75 Å². The third-order valence-electron chi connectivity index (χ3n) is 10.4. The van der Waals surface area contributed by atoms with Crippen LogP contribution in [0.25, 0.3) is 10.9 Å². The Morgan fingerprint density at radius 2 is 1.55 bits per heavy atom. The first-order valence-corrected chi connectivity index (χ1v) is 21.0. The normalized spacial score (nSPS) is 13.0. The molecule has 0 unspecified atom stereocenters. The molecule has 1 aliphatic rings. The highest BCUT2D eigenvalue weighted by Gasteiger charge is 2.22. The van der Waals surface area contributed by atoms with E-state index in [0.717, 1.165) is 40.0 Å². The van der Waals surface area contributed by atoms with Gasteiger partial charge in [-0.2, -0.15) is 0 Å². The summed E-state index contributed by atoms with van der Waals surface area (Å²) in [7, 11) is 1.63. The lowest BCUT2D eigenvalue weighted by Crippen LogP contribution is -2.36. The number of aryl methyl sites for hydroxylation is 1. The van der Waals surface area contributed by atoms with Crippen molar-refractivity contribution in [2.45, 2.75) is 72.0 Å². The summed E-state index contributed by atoms with van der Waals surface area (Å²) in [5, 5.41) is 1.60. The molecule has 0 saturated heterocycles. The summed E-state index contributed by atoms with van der Waals surface area (Å²) in [5.74, 6) is 0.0335. The zero-order chi connectivity index (χ0) is 41.6. The number of nitrogens with zero attached hydrogens (tertiary/aromatic N) is 3. The monoisotopic (exact) mass is 872 g/mol. The van der Waals surface area contributed by atoms with Crippen LogP contribution < -0.4 is 10.5 Å². The number of benzene rings is 4. The van der Waals surface area contributed by atoms with Gasteiger partial charge in [-0.15, -0.1) is 0 Å². The van der Waals surface area contributed by atoms with E-state index >= 15 is 0 Å². The molecule has 0 radical (unpaired) electrons. The minimum absolute atomic E-state index is 0.0654. The van der Waals surface area contributed by atoms with Gasteiger partial charge < -0.3 is 19.9 Å². The van der Waals surface area contributed by atoms with Gasteiger partial charge in [0, 0.05) is 65.3 Å². The lowest BCUT2D eigenvalue weighted by atomic mass is 9.93. The quantitative estimate of drug-likeness (QED) is 0.0811. The summed E-state index contributed by atoms with van der Waals surface area (Å²) in [4.78, 5) is 41.4. The average molecular weight is 874 g/mol. The molecule has 5 aromatic rings. The second-order valence-electron chi connectivity index (χ2n) is 14.5. The van der Waals surface area contributed by atoms with E-state index in [-0.39, 0.29) is 24.5 Å². The molecule has 0 bridgehead atoms. The fraction of sp³-hybridized carbons (Fsp3) is 0.370. The van der Waals surface area contributed by atoms with Gasteiger partial charge in [0.1, 0.15) is 19.0 Å². The molecule has 1 saturated carbocycles. The molecule has 1 aliphatic carbocycles. The molecule has 0 amide bonds. The maximum Gasteiger partial charge on any atom is 0.338 e. The molecule has 308 valence electrons. The number of anilines is 1. The number of hydrogen-bond acceptors (Lipinski definition) is 9. The number of nitrogen functional groups attached to an aromatic ring is 1. The fourth-order valence-corrected chi connectivity index (χ4v) is 7.95. The van der Waals surface area contributed by atoms with Crippen LogP contribution >= 0.6 is 27.5 Å². The molecule has 1 fully saturated rings. The average Bonchev–Trinajstić information content (AvgIpc) is 3.56. The highest BCUT2D eigenvalue weighted by molar-refractivity contribution is 9.10. The van der Waals surface area contributed by atoms with Gasteiger partial charge in [-0.1, -0.05) is 68.1 Å². The third-order valence-corrected chi connectivity index (χ3v) is 11.3. The Hall–Kier alpha value is -4.68. The van der Waals surface area contributed by atoms with Crippen molar-refractivity contribution in [2.75, 3.05) is 45.7 Å². The van der Waals surface area contributed by atoms with E-state index in [1.54, 1.807) is 42.0 Å². The Balaban J connectivity index is 0.000000256. The van der Waals surface area contributed by atoms with Crippen LogP contribution in [-0.2, 0) is 27.4 Å². The summed E-state index contributed by atoms with van der Waals surface area (Å²) >= 11 is 9.41. The molecule has 1 aromatic heterocycles. The molecule has 0 spiro atoms. The van der Waals surface area contributed by atoms with Gasteiger partial charge in [0.25, 0.3) is 5.91 Å². The molecule has 0 atom stereocenters. The van der Waals surface area contributed by atoms with E-state index in [9.17, 15) is 14.4 Å². The number of esters is 2. The minimum Gasteiger partial charge on any atom is -0.497 e. The predicted molar refractivity (Wildman–Crippen MR) is 235 cm³/mol. The zero-order valence-corrected chi connectivity index (χ0v) is 36.2. The summed E-state index contributed by atoms with van der Waals surface area (Å²) in [6, 6.07) is 28.8. The van der Waals surface area contributed by atoms with Gasteiger partial charge in [0.15, 0.2) is 0 Å². The van der Waals surface area contributed by atoms with Gasteiger partial charge >= 0.3 is 11.9 Å². The number of nitrogens with two attached hydrogens (primary N) is 1. The van der Waals surface area contributed by atoms with Gasteiger partial charge in [0.05, 0.1) is 23.9 Å². The number of halogens is 2. The standard InChI is InChI=1S/C29H40BrN3O4.C17H14ClNO2/c1-3-33(26-12-8-5-9-13-26)21-25-18-24(19-27(30)28(25)31)29(35)37-17-15-32(14-16-36-22(2)34)20-23-10-6-4-7-11-23;1-11-9-13-10-15(21-2)7-8-16(13)19(11)17(20)12-3-5-14(18)6-4-12/h4,6-7,10-11,18-19,26H,3,5,8-9,12-17,20-21,31H2,1-2H3;3-10H,1-2H3.